The summed E-state index contributed by atoms with van der Waals surface area (Å²) >= 11 is 0. The van der Waals surface area contributed by atoms with E-state index >= 15 is 0 Å². The maximum Gasteiger partial charge on any atom is 0.138 e. The molecule has 92 valence electrons. The van der Waals surface area contributed by atoms with E-state index in [-0.39, 0.29) is 0 Å². The van der Waals surface area contributed by atoms with Crippen LogP contribution in [0.4, 0.5) is 0 Å². The van der Waals surface area contributed by atoms with Crippen molar-refractivity contribution in [2.24, 2.45) is 0 Å². The van der Waals surface area contributed by atoms with E-state index in [4.69, 9.17) is 10.2 Å². The minimum atomic E-state index is 0.702. The highest BCUT2D eigenvalue weighted by Gasteiger charge is 2.13. The first-order valence-electron chi connectivity index (χ1n) is 6.69. The summed E-state index contributed by atoms with van der Waals surface area (Å²) in [6, 6.07) is 10.1. The molecule has 0 amide bonds. The van der Waals surface area contributed by atoms with E-state index in [1.807, 2.05) is 18.2 Å². The average Bonchev–Trinajstić information content (AvgIpc) is 2.81. The Morgan fingerprint density at radius 1 is 1.16 bits per heavy atom. The van der Waals surface area contributed by atoms with E-state index in [1.165, 1.54) is 24.1 Å². The molecule has 1 aromatic carbocycles. The van der Waals surface area contributed by atoms with Crippen molar-refractivity contribution in [2.45, 2.75) is 25.7 Å². The zero-order valence-corrected chi connectivity index (χ0v) is 10.6. The first-order chi connectivity index (χ1) is 9.35. The fourth-order valence-corrected chi connectivity index (χ4v) is 2.99. The third kappa shape index (κ3) is 1.53. The van der Waals surface area contributed by atoms with E-state index in [0.29, 0.717) is 5.56 Å². The van der Waals surface area contributed by atoms with Crippen LogP contribution in [0, 0.1) is 11.3 Å². The second-order valence-corrected chi connectivity index (χ2v) is 5.18. The molecule has 2 heterocycles. The van der Waals surface area contributed by atoms with Crippen molar-refractivity contribution in [3.8, 4) is 6.07 Å². The monoisotopic (exact) mass is 247 g/mol. The highest BCUT2D eigenvalue weighted by atomic mass is 15.0. The lowest BCUT2D eigenvalue weighted by Crippen LogP contribution is -2.07. The van der Waals surface area contributed by atoms with E-state index in [9.17, 15) is 0 Å². The Morgan fingerprint density at radius 3 is 2.95 bits per heavy atom. The van der Waals surface area contributed by atoms with E-state index in [1.54, 1.807) is 0 Å². The molecule has 4 rings (SSSR count). The summed E-state index contributed by atoms with van der Waals surface area (Å²) in [5, 5.41) is 10.1. The van der Waals surface area contributed by atoms with Crippen LogP contribution in [0.2, 0.25) is 0 Å². The van der Waals surface area contributed by atoms with Crippen LogP contribution >= 0.6 is 0 Å². The Hall–Kier alpha value is -2.34. The first-order valence-corrected chi connectivity index (χ1v) is 6.69. The Labute approximate surface area is 111 Å². The number of nitrogens with zero attached hydrogens (tertiary/aromatic N) is 3. The van der Waals surface area contributed by atoms with Crippen LogP contribution < -0.4 is 0 Å². The molecule has 0 radical (unpaired) electrons. The fraction of sp³-hybridized carbons (Fsp3) is 0.250. The second kappa shape index (κ2) is 3.83. The molecule has 0 saturated heterocycles. The van der Waals surface area contributed by atoms with Crippen LogP contribution in [0.5, 0.6) is 0 Å². The third-order valence-corrected chi connectivity index (χ3v) is 3.96. The number of hydrogen-bond donors (Lipinski definition) is 0. The molecule has 3 nitrogen and oxygen atoms in total. The quantitative estimate of drug-likeness (QED) is 0.612. The lowest BCUT2D eigenvalue weighted by Gasteiger charge is -2.14. The van der Waals surface area contributed by atoms with Crippen LogP contribution in [0.25, 0.3) is 16.6 Å². The molecule has 0 unspecified atom stereocenters. The van der Waals surface area contributed by atoms with E-state index < -0.39 is 0 Å². The van der Waals surface area contributed by atoms with Gasteiger partial charge in [0.15, 0.2) is 0 Å². The second-order valence-electron chi connectivity index (χ2n) is 5.18. The molecule has 1 aliphatic carbocycles. The van der Waals surface area contributed by atoms with Gasteiger partial charge in [-0.2, -0.15) is 5.26 Å². The number of fused-ring (bicyclic) bond motifs is 4. The molecule has 0 N–H and O–H groups in total. The number of hydrogen-bond acceptors (Lipinski definition) is 2. The van der Waals surface area contributed by atoms with Crippen LogP contribution in [0.3, 0.4) is 0 Å². The Kier molecular flexibility index (Phi) is 2.13. The van der Waals surface area contributed by atoms with Crippen molar-refractivity contribution in [1.82, 2.24) is 9.38 Å². The summed E-state index contributed by atoms with van der Waals surface area (Å²) in [4.78, 5) is 4.79. The number of aryl methyl sites for hydroxylation is 2. The summed E-state index contributed by atoms with van der Waals surface area (Å²) in [5.74, 6) is 0. The van der Waals surface area contributed by atoms with Crippen LogP contribution in [0.1, 0.15) is 29.7 Å². The van der Waals surface area contributed by atoms with Crippen LogP contribution in [0.15, 0.2) is 30.5 Å². The van der Waals surface area contributed by atoms with Gasteiger partial charge < -0.3 is 4.40 Å². The lowest BCUT2D eigenvalue weighted by atomic mass is 9.97. The average molecular weight is 247 g/mol. The molecule has 19 heavy (non-hydrogen) atoms. The maximum atomic E-state index is 8.97. The molecule has 0 aliphatic heterocycles. The van der Waals surface area contributed by atoms with Crippen molar-refractivity contribution in [1.29, 1.82) is 5.26 Å². The smallest absolute Gasteiger partial charge is 0.138 e. The van der Waals surface area contributed by atoms with Crippen molar-refractivity contribution < 1.29 is 0 Å². The first kappa shape index (κ1) is 10.6. The Balaban J connectivity index is 2.06. The summed E-state index contributed by atoms with van der Waals surface area (Å²) in [6.07, 6.45) is 6.96. The summed E-state index contributed by atoms with van der Waals surface area (Å²) in [5.41, 5.74) is 5.46. The molecule has 3 aromatic rings. The number of rotatable bonds is 0. The molecular formula is C16H13N3. The fourth-order valence-electron chi connectivity index (χ4n) is 2.99. The van der Waals surface area contributed by atoms with Gasteiger partial charge in [-0.25, -0.2) is 4.98 Å². The molecule has 0 spiro atoms. The summed E-state index contributed by atoms with van der Waals surface area (Å²) in [6.45, 7) is 0. The van der Waals surface area contributed by atoms with E-state index in [0.717, 1.165) is 29.4 Å². The van der Waals surface area contributed by atoms with Crippen molar-refractivity contribution in [3.05, 3.63) is 47.3 Å². The maximum absolute atomic E-state index is 8.97. The van der Waals surface area contributed by atoms with Gasteiger partial charge in [-0.1, -0.05) is 0 Å². The van der Waals surface area contributed by atoms with Gasteiger partial charge >= 0.3 is 0 Å². The Morgan fingerprint density at radius 2 is 2.05 bits per heavy atom. The minimum Gasteiger partial charge on any atom is -0.301 e. The number of benzene rings is 1. The van der Waals surface area contributed by atoms with Gasteiger partial charge in [0, 0.05) is 17.3 Å². The molecule has 0 fully saturated rings. The highest BCUT2D eigenvalue weighted by molar-refractivity contribution is 5.87. The van der Waals surface area contributed by atoms with Gasteiger partial charge in [0.2, 0.25) is 0 Å². The predicted molar refractivity (Wildman–Crippen MR) is 74.1 cm³/mol. The molecule has 2 aromatic heterocycles. The molecule has 0 saturated carbocycles. The predicted octanol–water partition coefficient (Wildman–Crippen LogP) is 3.24. The standard InChI is InChI=1S/C16H13N3/c17-9-11-5-6-15-13(7-11)8-16-18-14-4-2-1-3-12(14)10-19(15)16/h5-8,10H,1-4H2. The molecule has 1 aliphatic rings. The molecular weight excluding hydrogens is 234 g/mol. The number of nitriles is 1. The zero-order valence-electron chi connectivity index (χ0n) is 10.6. The van der Waals surface area contributed by atoms with Crippen molar-refractivity contribution in [2.75, 3.05) is 0 Å². The van der Waals surface area contributed by atoms with Gasteiger partial charge in [0.1, 0.15) is 5.65 Å². The van der Waals surface area contributed by atoms with Gasteiger partial charge in [-0.05, 0) is 55.5 Å². The normalized spacial score (nSPS) is 14.5. The number of aromatic nitrogens is 2. The molecule has 0 bridgehead atoms. The topological polar surface area (TPSA) is 41.1 Å². The van der Waals surface area contributed by atoms with Crippen LogP contribution in [-0.4, -0.2) is 9.38 Å². The lowest BCUT2D eigenvalue weighted by molar-refractivity contribution is 0.664. The van der Waals surface area contributed by atoms with Crippen molar-refractivity contribution >= 4 is 16.6 Å². The van der Waals surface area contributed by atoms with Gasteiger partial charge in [-0.15, -0.1) is 0 Å². The molecule has 3 heteroatoms. The third-order valence-electron chi connectivity index (χ3n) is 3.96. The molecule has 0 atom stereocenters. The van der Waals surface area contributed by atoms with Gasteiger partial charge in [0.25, 0.3) is 0 Å². The zero-order chi connectivity index (χ0) is 12.8. The van der Waals surface area contributed by atoms with Crippen molar-refractivity contribution in [3.63, 3.8) is 0 Å². The highest BCUT2D eigenvalue weighted by Crippen LogP contribution is 2.25. The van der Waals surface area contributed by atoms with Gasteiger partial charge in [-0.3, -0.25) is 0 Å². The van der Waals surface area contributed by atoms with Crippen LogP contribution in [-0.2, 0) is 12.8 Å². The minimum absolute atomic E-state index is 0.702. The van der Waals surface area contributed by atoms with Gasteiger partial charge in [0.05, 0.1) is 17.1 Å². The summed E-state index contributed by atoms with van der Waals surface area (Å²) < 4.78 is 2.15. The summed E-state index contributed by atoms with van der Waals surface area (Å²) in [7, 11) is 0. The SMILES string of the molecule is N#Cc1ccc2c(c1)cc1nc3c(cn12)CCCC3. The van der Waals surface area contributed by atoms with E-state index in [2.05, 4.69) is 22.7 Å². The largest absolute Gasteiger partial charge is 0.301 e. The Bertz CT molecular complexity index is 836.